The molecule has 13 heavy (non-hydrogen) atoms. The molecule has 1 atom stereocenters. The van der Waals surface area contributed by atoms with E-state index < -0.39 is 0 Å². The van der Waals surface area contributed by atoms with Gasteiger partial charge >= 0.3 is 0 Å². The molecule has 4 heteroatoms. The van der Waals surface area contributed by atoms with Crippen molar-refractivity contribution in [2.45, 2.75) is 25.9 Å². The summed E-state index contributed by atoms with van der Waals surface area (Å²) in [5.41, 5.74) is 0. The second kappa shape index (κ2) is 6.02. The molecule has 0 fully saturated rings. The van der Waals surface area contributed by atoms with Crippen LogP contribution in [-0.4, -0.2) is 11.9 Å². The zero-order valence-corrected chi connectivity index (χ0v) is 10.7. The molecular weight excluding hydrogens is 270 g/mol. The average molecular weight is 283 g/mol. The van der Waals surface area contributed by atoms with Crippen LogP contribution in [0.15, 0.2) is 15.9 Å². The van der Waals surface area contributed by atoms with Gasteiger partial charge in [0.1, 0.15) is 0 Å². The molecule has 1 nitrogen and oxygen atoms in total. The Morgan fingerprint density at radius 1 is 1.62 bits per heavy atom. The van der Waals surface area contributed by atoms with E-state index in [1.807, 2.05) is 0 Å². The van der Waals surface area contributed by atoms with E-state index >= 15 is 0 Å². The third kappa shape index (κ3) is 4.45. The van der Waals surface area contributed by atoms with Crippen molar-refractivity contribution in [3.05, 3.63) is 20.8 Å². The van der Waals surface area contributed by atoms with Crippen molar-refractivity contribution in [2.24, 2.45) is 0 Å². The molecule has 0 aromatic carbocycles. The highest BCUT2D eigenvalue weighted by Gasteiger charge is 2.01. The summed E-state index contributed by atoms with van der Waals surface area (Å²) in [6.45, 7) is 3.10. The smallest absolute Gasteiger partial charge is 0.0701 e. The molecule has 0 saturated heterocycles. The van der Waals surface area contributed by atoms with Gasteiger partial charge in [-0.1, -0.05) is 0 Å². The summed E-state index contributed by atoms with van der Waals surface area (Å²) in [4.78, 5) is 1.35. The van der Waals surface area contributed by atoms with Gasteiger partial charge in [0.2, 0.25) is 0 Å². The van der Waals surface area contributed by atoms with Crippen molar-refractivity contribution in [1.29, 1.82) is 0 Å². The minimum Gasteiger partial charge on any atom is -0.309 e. The van der Waals surface area contributed by atoms with Crippen molar-refractivity contribution in [1.82, 2.24) is 5.32 Å². The summed E-state index contributed by atoms with van der Waals surface area (Å²) >= 11 is 10.8. The fraction of sp³-hybridized carbons (Fsp3) is 0.556. The molecule has 1 aromatic heterocycles. The molecule has 1 N–H and O–H groups in total. The SMILES string of the molecule is CC(CCCl)NCc1ccc(Br)s1. The highest BCUT2D eigenvalue weighted by Crippen LogP contribution is 2.21. The molecule has 0 aliphatic carbocycles. The largest absolute Gasteiger partial charge is 0.309 e. The molecule has 0 bridgehead atoms. The first kappa shape index (κ1) is 11.5. The summed E-state index contributed by atoms with van der Waals surface area (Å²) < 4.78 is 1.19. The van der Waals surface area contributed by atoms with Gasteiger partial charge in [0.05, 0.1) is 3.79 Å². The Labute approximate surface area is 96.6 Å². The molecule has 74 valence electrons. The lowest BCUT2D eigenvalue weighted by Crippen LogP contribution is -2.25. The van der Waals surface area contributed by atoms with Crippen LogP contribution in [0.4, 0.5) is 0 Å². The van der Waals surface area contributed by atoms with Crippen LogP contribution in [0, 0.1) is 0 Å². The van der Waals surface area contributed by atoms with E-state index in [1.54, 1.807) is 11.3 Å². The minimum absolute atomic E-state index is 0.498. The van der Waals surface area contributed by atoms with Gasteiger partial charge in [0, 0.05) is 23.3 Å². The van der Waals surface area contributed by atoms with Crippen LogP contribution >= 0.6 is 38.9 Å². The van der Waals surface area contributed by atoms with Crippen LogP contribution in [-0.2, 0) is 6.54 Å². The maximum Gasteiger partial charge on any atom is 0.0701 e. The Morgan fingerprint density at radius 2 is 2.38 bits per heavy atom. The maximum absolute atomic E-state index is 5.64. The standard InChI is InChI=1S/C9H13BrClNS/c1-7(4-5-11)12-6-8-2-3-9(10)13-8/h2-3,7,12H,4-6H2,1H3. The van der Waals surface area contributed by atoms with Crippen LogP contribution < -0.4 is 5.32 Å². The summed E-state index contributed by atoms with van der Waals surface area (Å²) in [5.74, 6) is 0.725. The Balaban J connectivity index is 2.26. The second-order valence-corrected chi connectivity index (χ2v) is 5.89. The molecule has 1 unspecified atom stereocenters. The number of nitrogens with one attached hydrogen (secondary N) is 1. The van der Waals surface area contributed by atoms with Gasteiger partial charge in [0.25, 0.3) is 0 Å². The van der Waals surface area contributed by atoms with Gasteiger partial charge in [-0.05, 0) is 41.4 Å². The zero-order valence-electron chi connectivity index (χ0n) is 7.52. The van der Waals surface area contributed by atoms with Gasteiger partial charge in [-0.3, -0.25) is 0 Å². The molecule has 1 aromatic rings. The normalized spacial score (nSPS) is 13.2. The van der Waals surface area contributed by atoms with Gasteiger partial charge in [-0.2, -0.15) is 0 Å². The highest BCUT2D eigenvalue weighted by molar-refractivity contribution is 9.11. The second-order valence-electron chi connectivity index (χ2n) is 2.97. The zero-order chi connectivity index (χ0) is 9.68. The third-order valence-electron chi connectivity index (χ3n) is 1.80. The lowest BCUT2D eigenvalue weighted by molar-refractivity contribution is 0.539. The van der Waals surface area contributed by atoms with Crippen LogP contribution in [0.25, 0.3) is 0 Å². The van der Waals surface area contributed by atoms with E-state index in [-0.39, 0.29) is 0 Å². The van der Waals surface area contributed by atoms with Crippen LogP contribution in [0.2, 0.25) is 0 Å². The third-order valence-corrected chi connectivity index (χ3v) is 3.64. The van der Waals surface area contributed by atoms with Crippen molar-refractivity contribution in [2.75, 3.05) is 5.88 Å². The predicted molar refractivity (Wildman–Crippen MR) is 63.7 cm³/mol. The lowest BCUT2D eigenvalue weighted by Gasteiger charge is -2.10. The first-order valence-corrected chi connectivity index (χ1v) is 6.40. The van der Waals surface area contributed by atoms with E-state index in [9.17, 15) is 0 Å². The van der Waals surface area contributed by atoms with Crippen LogP contribution in [0.3, 0.4) is 0 Å². The Bertz CT molecular complexity index is 252. The number of alkyl halides is 1. The van der Waals surface area contributed by atoms with E-state index in [1.165, 1.54) is 8.66 Å². The summed E-state index contributed by atoms with van der Waals surface area (Å²) in [7, 11) is 0. The van der Waals surface area contributed by atoms with Crippen molar-refractivity contribution in [3.63, 3.8) is 0 Å². The Kier molecular flexibility index (Phi) is 5.32. The summed E-state index contributed by atoms with van der Waals surface area (Å²) in [5, 5.41) is 3.42. The molecule has 0 spiro atoms. The van der Waals surface area contributed by atoms with Crippen molar-refractivity contribution in [3.8, 4) is 0 Å². The van der Waals surface area contributed by atoms with Crippen molar-refractivity contribution >= 4 is 38.9 Å². The topological polar surface area (TPSA) is 12.0 Å². The minimum atomic E-state index is 0.498. The number of hydrogen-bond acceptors (Lipinski definition) is 2. The number of thiophene rings is 1. The molecule has 0 aliphatic heterocycles. The quantitative estimate of drug-likeness (QED) is 0.814. The van der Waals surface area contributed by atoms with Gasteiger partial charge in [0.15, 0.2) is 0 Å². The molecule has 0 radical (unpaired) electrons. The fourth-order valence-corrected chi connectivity index (χ4v) is 2.75. The molecule has 1 heterocycles. The Morgan fingerprint density at radius 3 is 2.92 bits per heavy atom. The molecule has 0 amide bonds. The molecule has 0 aliphatic rings. The van der Waals surface area contributed by atoms with E-state index in [0.29, 0.717) is 6.04 Å². The summed E-state index contributed by atoms with van der Waals surface area (Å²) in [6, 6.07) is 4.71. The first-order valence-electron chi connectivity index (χ1n) is 4.26. The molecular formula is C9H13BrClNS. The van der Waals surface area contributed by atoms with Crippen LogP contribution in [0.1, 0.15) is 18.2 Å². The van der Waals surface area contributed by atoms with E-state index in [0.717, 1.165) is 18.8 Å². The maximum atomic E-state index is 5.64. The summed E-state index contributed by atoms with van der Waals surface area (Å²) in [6.07, 6.45) is 1.02. The molecule has 1 rings (SSSR count). The van der Waals surface area contributed by atoms with E-state index in [2.05, 4.69) is 40.3 Å². The number of hydrogen-bond donors (Lipinski definition) is 1. The number of halogens is 2. The average Bonchev–Trinajstić information content (AvgIpc) is 2.49. The highest BCUT2D eigenvalue weighted by atomic mass is 79.9. The fourth-order valence-electron chi connectivity index (χ4n) is 0.987. The van der Waals surface area contributed by atoms with Crippen LogP contribution in [0.5, 0.6) is 0 Å². The van der Waals surface area contributed by atoms with E-state index in [4.69, 9.17) is 11.6 Å². The predicted octanol–water partition coefficient (Wildman–Crippen LogP) is 3.62. The monoisotopic (exact) mass is 281 g/mol. The van der Waals surface area contributed by atoms with Gasteiger partial charge in [-0.15, -0.1) is 22.9 Å². The van der Waals surface area contributed by atoms with Gasteiger partial charge in [-0.25, -0.2) is 0 Å². The first-order chi connectivity index (χ1) is 6.22. The molecule has 0 saturated carbocycles. The van der Waals surface area contributed by atoms with Gasteiger partial charge < -0.3 is 5.32 Å². The number of rotatable bonds is 5. The Hall–Kier alpha value is 0.430. The lowest BCUT2D eigenvalue weighted by atomic mass is 10.2. The van der Waals surface area contributed by atoms with Crippen molar-refractivity contribution < 1.29 is 0 Å².